The molecule has 3 aromatic rings. The van der Waals surface area contributed by atoms with Crippen molar-refractivity contribution in [3.8, 4) is 22.5 Å². The van der Waals surface area contributed by atoms with Crippen molar-refractivity contribution in [1.82, 2.24) is 15.0 Å². The highest BCUT2D eigenvalue weighted by atomic mass is 14.8. The molecule has 0 fully saturated rings. The predicted octanol–water partition coefficient (Wildman–Crippen LogP) is 3.21. The topological polar surface area (TPSA) is 38.7 Å². The second-order valence-corrected chi connectivity index (χ2v) is 3.89. The molecule has 2 aromatic heterocycles. The summed E-state index contributed by atoms with van der Waals surface area (Å²) in [6, 6.07) is 16.0. The minimum Gasteiger partial charge on any atom is -0.256 e. The Kier molecular flexibility index (Phi) is 2.80. The molecule has 3 nitrogen and oxygen atoms in total. The van der Waals surface area contributed by atoms with Gasteiger partial charge in [-0.25, -0.2) is 9.97 Å². The normalized spacial score (nSPS) is 10.2. The zero-order chi connectivity index (χ0) is 12.2. The maximum Gasteiger partial charge on any atom is 0.116 e. The van der Waals surface area contributed by atoms with E-state index >= 15 is 0 Å². The fourth-order valence-electron chi connectivity index (χ4n) is 1.83. The van der Waals surface area contributed by atoms with E-state index in [1.807, 2.05) is 42.5 Å². The molecular formula is C15H11N3. The van der Waals surface area contributed by atoms with Crippen LogP contribution in [0.3, 0.4) is 0 Å². The Hall–Kier alpha value is -2.55. The molecule has 3 rings (SSSR count). The van der Waals surface area contributed by atoms with Gasteiger partial charge in [0, 0.05) is 23.5 Å². The molecule has 1 aromatic carbocycles. The van der Waals surface area contributed by atoms with Gasteiger partial charge in [-0.2, -0.15) is 0 Å². The van der Waals surface area contributed by atoms with Crippen LogP contribution < -0.4 is 0 Å². The smallest absolute Gasteiger partial charge is 0.116 e. The monoisotopic (exact) mass is 233 g/mol. The summed E-state index contributed by atoms with van der Waals surface area (Å²) in [7, 11) is 0. The average molecular weight is 233 g/mol. The first-order valence-corrected chi connectivity index (χ1v) is 5.71. The Bertz CT molecular complexity index is 581. The molecule has 0 aliphatic carbocycles. The van der Waals surface area contributed by atoms with Crippen LogP contribution in [0, 0.1) is 0 Å². The number of pyridine rings is 1. The van der Waals surface area contributed by atoms with E-state index in [4.69, 9.17) is 0 Å². The van der Waals surface area contributed by atoms with Gasteiger partial charge in [-0.15, -0.1) is 0 Å². The quantitative estimate of drug-likeness (QED) is 0.682. The van der Waals surface area contributed by atoms with Crippen molar-refractivity contribution in [1.29, 1.82) is 0 Å². The molecule has 0 spiro atoms. The Morgan fingerprint density at radius 2 is 1.50 bits per heavy atom. The van der Waals surface area contributed by atoms with Crippen LogP contribution in [0.15, 0.2) is 67.3 Å². The van der Waals surface area contributed by atoms with Crippen molar-refractivity contribution >= 4 is 0 Å². The molecule has 0 bridgehead atoms. The zero-order valence-corrected chi connectivity index (χ0v) is 9.69. The first-order valence-electron chi connectivity index (χ1n) is 5.71. The van der Waals surface area contributed by atoms with Crippen molar-refractivity contribution in [2.45, 2.75) is 0 Å². The Balaban J connectivity index is 2.05. The summed E-state index contributed by atoms with van der Waals surface area (Å²) in [5.74, 6) is 0. The number of hydrogen-bond donors (Lipinski definition) is 0. The van der Waals surface area contributed by atoms with Crippen LogP contribution in [0.1, 0.15) is 0 Å². The molecule has 2 heterocycles. The van der Waals surface area contributed by atoms with Crippen molar-refractivity contribution in [3.63, 3.8) is 0 Å². The summed E-state index contributed by atoms with van der Waals surface area (Å²) in [6.45, 7) is 0. The van der Waals surface area contributed by atoms with Crippen LogP contribution in [-0.2, 0) is 0 Å². The lowest BCUT2D eigenvalue weighted by molar-refractivity contribution is 1.17. The highest BCUT2D eigenvalue weighted by Gasteiger charge is 2.02. The minimum atomic E-state index is 0.919. The molecule has 0 aliphatic heterocycles. The van der Waals surface area contributed by atoms with E-state index < -0.39 is 0 Å². The fraction of sp³-hybridized carbons (Fsp3) is 0. The van der Waals surface area contributed by atoms with Gasteiger partial charge in [0.1, 0.15) is 6.33 Å². The van der Waals surface area contributed by atoms with E-state index in [0.717, 1.165) is 22.5 Å². The molecule has 0 unspecified atom stereocenters. The summed E-state index contributed by atoms with van der Waals surface area (Å²) >= 11 is 0. The van der Waals surface area contributed by atoms with Crippen LogP contribution in [0.2, 0.25) is 0 Å². The number of aromatic nitrogens is 3. The molecule has 0 atom stereocenters. The Morgan fingerprint density at radius 1 is 0.667 bits per heavy atom. The Morgan fingerprint density at radius 3 is 2.17 bits per heavy atom. The third kappa shape index (κ3) is 2.11. The molecular weight excluding hydrogens is 222 g/mol. The number of benzene rings is 1. The van der Waals surface area contributed by atoms with Gasteiger partial charge in [-0.05, 0) is 24.3 Å². The van der Waals surface area contributed by atoms with Crippen molar-refractivity contribution < 1.29 is 0 Å². The van der Waals surface area contributed by atoms with Gasteiger partial charge in [0.05, 0.1) is 11.4 Å². The molecule has 3 heteroatoms. The van der Waals surface area contributed by atoms with E-state index in [2.05, 4.69) is 21.0 Å². The number of rotatable bonds is 2. The summed E-state index contributed by atoms with van der Waals surface area (Å²) < 4.78 is 0. The molecule has 0 saturated heterocycles. The van der Waals surface area contributed by atoms with Gasteiger partial charge < -0.3 is 0 Å². The first kappa shape index (κ1) is 10.6. The highest BCUT2D eigenvalue weighted by molar-refractivity contribution is 5.68. The first-order chi connectivity index (χ1) is 8.93. The van der Waals surface area contributed by atoms with Crippen LogP contribution in [-0.4, -0.2) is 15.0 Å². The second-order valence-electron chi connectivity index (χ2n) is 3.89. The van der Waals surface area contributed by atoms with E-state index in [0.29, 0.717) is 0 Å². The van der Waals surface area contributed by atoms with Gasteiger partial charge in [-0.3, -0.25) is 4.98 Å². The average Bonchev–Trinajstić information content (AvgIpc) is 2.49. The third-order valence-electron chi connectivity index (χ3n) is 2.70. The van der Waals surface area contributed by atoms with Crippen LogP contribution in [0.5, 0.6) is 0 Å². The lowest BCUT2D eigenvalue weighted by Crippen LogP contribution is -1.86. The highest BCUT2D eigenvalue weighted by Crippen LogP contribution is 2.23. The largest absolute Gasteiger partial charge is 0.256 e. The standard InChI is InChI=1S/C15H11N3/c1-2-8-17-14(6-1)12-4-3-5-13(10-12)15-7-9-16-11-18-15/h1-11H. The van der Waals surface area contributed by atoms with Crippen molar-refractivity contribution in [2.24, 2.45) is 0 Å². The maximum absolute atomic E-state index is 4.35. The molecule has 86 valence electrons. The zero-order valence-electron chi connectivity index (χ0n) is 9.69. The summed E-state index contributed by atoms with van der Waals surface area (Å²) in [6.07, 6.45) is 5.10. The van der Waals surface area contributed by atoms with E-state index in [1.54, 1.807) is 18.7 Å². The van der Waals surface area contributed by atoms with E-state index in [-0.39, 0.29) is 0 Å². The van der Waals surface area contributed by atoms with Crippen molar-refractivity contribution in [2.75, 3.05) is 0 Å². The number of nitrogens with zero attached hydrogens (tertiary/aromatic N) is 3. The van der Waals surface area contributed by atoms with Crippen LogP contribution in [0.4, 0.5) is 0 Å². The molecule has 18 heavy (non-hydrogen) atoms. The summed E-state index contributed by atoms with van der Waals surface area (Å²) in [4.78, 5) is 12.5. The van der Waals surface area contributed by atoms with Gasteiger partial charge in [-0.1, -0.05) is 24.3 Å². The maximum atomic E-state index is 4.35. The molecule has 0 amide bonds. The predicted molar refractivity (Wildman–Crippen MR) is 70.7 cm³/mol. The van der Waals surface area contributed by atoms with Gasteiger partial charge in [0.25, 0.3) is 0 Å². The molecule has 0 N–H and O–H groups in total. The molecule has 0 saturated carbocycles. The van der Waals surface area contributed by atoms with E-state index in [1.165, 1.54) is 0 Å². The van der Waals surface area contributed by atoms with Gasteiger partial charge >= 0.3 is 0 Å². The Labute approximate surface area is 105 Å². The molecule has 0 radical (unpaired) electrons. The van der Waals surface area contributed by atoms with Gasteiger partial charge in [0.2, 0.25) is 0 Å². The van der Waals surface area contributed by atoms with Gasteiger partial charge in [0.15, 0.2) is 0 Å². The van der Waals surface area contributed by atoms with Crippen LogP contribution in [0.25, 0.3) is 22.5 Å². The van der Waals surface area contributed by atoms with E-state index in [9.17, 15) is 0 Å². The number of hydrogen-bond acceptors (Lipinski definition) is 3. The van der Waals surface area contributed by atoms with Crippen LogP contribution >= 0.6 is 0 Å². The lowest BCUT2D eigenvalue weighted by atomic mass is 10.1. The third-order valence-corrected chi connectivity index (χ3v) is 2.70. The fourth-order valence-corrected chi connectivity index (χ4v) is 1.83. The SMILES string of the molecule is c1ccc(-c2cccc(-c3ccncn3)c2)nc1. The molecule has 0 aliphatic rings. The second kappa shape index (κ2) is 4.75. The summed E-state index contributed by atoms with van der Waals surface area (Å²) in [5.41, 5.74) is 4.04. The summed E-state index contributed by atoms with van der Waals surface area (Å²) in [5, 5.41) is 0. The lowest BCUT2D eigenvalue weighted by Gasteiger charge is -2.04. The minimum absolute atomic E-state index is 0.919. The van der Waals surface area contributed by atoms with Crippen molar-refractivity contribution in [3.05, 3.63) is 67.3 Å².